The van der Waals surface area contributed by atoms with Crippen LogP contribution in [0.15, 0.2) is 54.8 Å². The summed E-state index contributed by atoms with van der Waals surface area (Å²) < 4.78 is 8.84. The number of rotatable bonds is 4. The molecule has 0 bridgehead atoms. The monoisotopic (exact) mass is 218 g/mol. The van der Waals surface area contributed by atoms with Gasteiger partial charge in [-0.3, -0.25) is 0 Å². The molecular formula is C13H14O3. The molecule has 0 heterocycles. The molecule has 0 aromatic heterocycles. The maximum Gasteiger partial charge on any atom is 0.512 e. The van der Waals surface area contributed by atoms with Gasteiger partial charge < -0.3 is 9.47 Å². The van der Waals surface area contributed by atoms with Gasteiger partial charge in [-0.1, -0.05) is 42.5 Å². The van der Waals surface area contributed by atoms with Gasteiger partial charge in [-0.25, -0.2) is 4.79 Å². The number of methoxy groups -OCH3 is 1. The van der Waals surface area contributed by atoms with E-state index in [9.17, 15) is 4.79 Å². The fourth-order valence-corrected chi connectivity index (χ4v) is 1.09. The number of hydrogen-bond donors (Lipinski definition) is 0. The quantitative estimate of drug-likeness (QED) is 0.442. The highest BCUT2D eigenvalue weighted by Crippen LogP contribution is 2.00. The number of ether oxygens (including phenoxy) is 2. The second-order valence-electron chi connectivity index (χ2n) is 3.02. The van der Waals surface area contributed by atoms with Gasteiger partial charge in [-0.05, 0) is 18.1 Å². The Kier molecular flexibility index (Phi) is 5.48. The van der Waals surface area contributed by atoms with Crippen LogP contribution in [0.4, 0.5) is 4.79 Å². The summed E-state index contributed by atoms with van der Waals surface area (Å²) in [6.45, 7) is 0. The lowest BCUT2D eigenvalue weighted by Gasteiger charge is -1.94. The Morgan fingerprint density at radius 3 is 2.69 bits per heavy atom. The van der Waals surface area contributed by atoms with E-state index >= 15 is 0 Å². The van der Waals surface area contributed by atoms with Crippen LogP contribution in [0.5, 0.6) is 0 Å². The molecule has 0 N–H and O–H groups in total. The van der Waals surface area contributed by atoms with Gasteiger partial charge in [-0.2, -0.15) is 0 Å². The van der Waals surface area contributed by atoms with Crippen molar-refractivity contribution >= 4 is 6.16 Å². The molecule has 0 atom stereocenters. The van der Waals surface area contributed by atoms with Crippen LogP contribution in [-0.2, 0) is 15.9 Å². The smallest absolute Gasteiger partial charge is 0.437 e. The van der Waals surface area contributed by atoms with Crippen LogP contribution in [0, 0.1) is 0 Å². The number of carbonyl (C=O) groups excluding carboxylic acids is 1. The zero-order valence-electron chi connectivity index (χ0n) is 9.13. The van der Waals surface area contributed by atoms with Crippen molar-refractivity contribution in [2.75, 3.05) is 7.11 Å². The zero-order chi connectivity index (χ0) is 11.6. The van der Waals surface area contributed by atoms with Gasteiger partial charge in [0.05, 0.1) is 13.4 Å². The highest BCUT2D eigenvalue weighted by Gasteiger charge is 1.92. The molecule has 84 valence electrons. The topological polar surface area (TPSA) is 35.5 Å². The summed E-state index contributed by atoms with van der Waals surface area (Å²) in [5.74, 6) is 0. The molecule has 0 unspecified atom stereocenters. The van der Waals surface area contributed by atoms with Crippen LogP contribution in [0.2, 0.25) is 0 Å². The first-order chi connectivity index (χ1) is 7.83. The summed E-state index contributed by atoms with van der Waals surface area (Å²) in [6.07, 6.45) is 6.85. The molecule has 0 saturated heterocycles. The largest absolute Gasteiger partial charge is 0.512 e. The second-order valence-corrected chi connectivity index (χ2v) is 3.02. The highest BCUT2D eigenvalue weighted by molar-refractivity contribution is 5.60. The summed E-state index contributed by atoms with van der Waals surface area (Å²) in [7, 11) is 1.27. The third-order valence-electron chi connectivity index (χ3n) is 1.85. The average molecular weight is 218 g/mol. The zero-order valence-corrected chi connectivity index (χ0v) is 9.13. The van der Waals surface area contributed by atoms with E-state index in [0.717, 1.165) is 6.42 Å². The lowest BCUT2D eigenvalue weighted by atomic mass is 10.1. The van der Waals surface area contributed by atoms with Crippen molar-refractivity contribution in [2.45, 2.75) is 6.42 Å². The summed E-state index contributed by atoms with van der Waals surface area (Å²) in [5, 5.41) is 0. The molecule has 0 aliphatic carbocycles. The summed E-state index contributed by atoms with van der Waals surface area (Å²) in [5.41, 5.74) is 1.24. The molecule has 3 nitrogen and oxygen atoms in total. The van der Waals surface area contributed by atoms with E-state index in [4.69, 9.17) is 0 Å². The first kappa shape index (κ1) is 12.0. The third kappa shape index (κ3) is 5.00. The molecule has 0 fully saturated rings. The summed E-state index contributed by atoms with van der Waals surface area (Å²) >= 11 is 0. The van der Waals surface area contributed by atoms with E-state index in [1.54, 1.807) is 6.08 Å². The van der Waals surface area contributed by atoms with Gasteiger partial charge in [0.2, 0.25) is 0 Å². The number of hydrogen-bond acceptors (Lipinski definition) is 3. The van der Waals surface area contributed by atoms with E-state index in [0.29, 0.717) is 0 Å². The molecule has 3 heteroatoms. The van der Waals surface area contributed by atoms with Crippen molar-refractivity contribution in [3.63, 3.8) is 0 Å². The van der Waals surface area contributed by atoms with E-state index in [1.807, 2.05) is 30.4 Å². The van der Waals surface area contributed by atoms with Gasteiger partial charge in [0, 0.05) is 0 Å². The van der Waals surface area contributed by atoms with Gasteiger partial charge in [0.25, 0.3) is 0 Å². The molecule has 1 rings (SSSR count). The minimum atomic E-state index is -0.715. The van der Waals surface area contributed by atoms with Crippen LogP contribution in [-0.4, -0.2) is 13.3 Å². The molecule has 0 aliphatic heterocycles. The number of allylic oxidation sites excluding steroid dienone is 3. The summed E-state index contributed by atoms with van der Waals surface area (Å²) in [6, 6.07) is 10.1. The van der Waals surface area contributed by atoms with Crippen molar-refractivity contribution < 1.29 is 14.3 Å². The Bertz CT molecular complexity index is 366. The maximum atomic E-state index is 10.5. The molecule has 1 aromatic rings. The van der Waals surface area contributed by atoms with Gasteiger partial charge in [0.15, 0.2) is 0 Å². The predicted octanol–water partition coefficient (Wildman–Crippen LogP) is 3.08. The molecule has 0 aliphatic rings. The van der Waals surface area contributed by atoms with E-state index in [-0.39, 0.29) is 0 Å². The third-order valence-corrected chi connectivity index (χ3v) is 1.85. The summed E-state index contributed by atoms with van der Waals surface area (Å²) in [4.78, 5) is 10.5. The lowest BCUT2D eigenvalue weighted by molar-refractivity contribution is 0.106. The normalized spacial score (nSPS) is 10.8. The minimum absolute atomic E-state index is 0.715. The molecule has 0 amide bonds. The van der Waals surface area contributed by atoms with E-state index in [2.05, 4.69) is 21.6 Å². The van der Waals surface area contributed by atoms with Gasteiger partial charge in [-0.15, -0.1) is 0 Å². The van der Waals surface area contributed by atoms with Crippen molar-refractivity contribution in [3.8, 4) is 0 Å². The molecule has 0 saturated carbocycles. The van der Waals surface area contributed by atoms with Crippen molar-refractivity contribution in [2.24, 2.45) is 0 Å². The lowest BCUT2D eigenvalue weighted by Crippen LogP contribution is -1.97. The Hall–Kier alpha value is -2.03. The van der Waals surface area contributed by atoms with Crippen LogP contribution in [0.25, 0.3) is 0 Å². The van der Waals surface area contributed by atoms with E-state index < -0.39 is 6.16 Å². The van der Waals surface area contributed by atoms with Crippen molar-refractivity contribution in [1.29, 1.82) is 0 Å². The standard InChI is InChI=1S/C13H14O3/c1-15-13(14)16-11-7-3-6-10-12-8-4-2-5-9-12/h2-9,11H,10H2,1H3/b6-3+,11-7+. The first-order valence-corrected chi connectivity index (χ1v) is 4.93. The average Bonchev–Trinajstić information content (AvgIpc) is 2.34. The fraction of sp³-hybridized carbons (Fsp3) is 0.154. The highest BCUT2D eigenvalue weighted by atomic mass is 16.7. The van der Waals surface area contributed by atoms with E-state index in [1.165, 1.54) is 18.9 Å². The van der Waals surface area contributed by atoms with Gasteiger partial charge >= 0.3 is 6.16 Å². The van der Waals surface area contributed by atoms with Crippen molar-refractivity contribution in [1.82, 2.24) is 0 Å². The SMILES string of the molecule is COC(=O)O/C=C/C=C/Cc1ccccc1. The minimum Gasteiger partial charge on any atom is -0.437 e. The fourth-order valence-electron chi connectivity index (χ4n) is 1.09. The predicted molar refractivity (Wildman–Crippen MR) is 61.9 cm³/mol. The molecule has 0 radical (unpaired) electrons. The molecular weight excluding hydrogens is 204 g/mol. The Morgan fingerprint density at radius 2 is 2.00 bits per heavy atom. The molecule has 1 aromatic carbocycles. The Balaban J connectivity index is 2.25. The Labute approximate surface area is 95.0 Å². The number of carbonyl (C=O) groups is 1. The molecule has 16 heavy (non-hydrogen) atoms. The van der Waals surface area contributed by atoms with Crippen molar-refractivity contribution in [3.05, 3.63) is 60.4 Å². The van der Waals surface area contributed by atoms with Crippen LogP contribution in [0.1, 0.15) is 5.56 Å². The van der Waals surface area contributed by atoms with Crippen LogP contribution >= 0.6 is 0 Å². The second kappa shape index (κ2) is 7.29. The van der Waals surface area contributed by atoms with Gasteiger partial charge in [0.1, 0.15) is 0 Å². The first-order valence-electron chi connectivity index (χ1n) is 4.93. The van der Waals surface area contributed by atoms with Crippen LogP contribution < -0.4 is 0 Å². The maximum absolute atomic E-state index is 10.5. The molecule has 0 spiro atoms. The number of benzene rings is 1. The Morgan fingerprint density at radius 1 is 1.25 bits per heavy atom. The van der Waals surface area contributed by atoms with Crippen LogP contribution in [0.3, 0.4) is 0 Å².